The first-order valence-electron chi connectivity index (χ1n) is 5.90. The summed E-state index contributed by atoms with van der Waals surface area (Å²) in [6.45, 7) is 0. The van der Waals surface area contributed by atoms with Gasteiger partial charge in [-0.1, -0.05) is 47.5 Å². The molecule has 5 heteroatoms. The number of ketones is 1. The molecule has 0 bridgehead atoms. The molecule has 0 unspecified atom stereocenters. The number of carbonyl (C=O) groups is 1. The van der Waals surface area contributed by atoms with Crippen molar-refractivity contribution in [1.82, 2.24) is 0 Å². The summed E-state index contributed by atoms with van der Waals surface area (Å²) in [7, 11) is 0. The maximum atomic E-state index is 12.0. The molecule has 0 spiro atoms. The van der Waals surface area contributed by atoms with Crippen LogP contribution < -0.4 is 0 Å². The smallest absolute Gasteiger partial charge is 0.147 e. The normalized spacial score (nSPS) is 10.6. The van der Waals surface area contributed by atoms with Gasteiger partial charge < -0.3 is 0 Å². The van der Waals surface area contributed by atoms with E-state index in [4.69, 9.17) is 23.2 Å². The molecule has 20 heavy (non-hydrogen) atoms. The summed E-state index contributed by atoms with van der Waals surface area (Å²) in [4.78, 5) is 13.1. The van der Waals surface area contributed by atoms with E-state index < -0.39 is 0 Å². The lowest BCUT2D eigenvalue weighted by molar-refractivity contribution is -0.116. The summed E-state index contributed by atoms with van der Waals surface area (Å²) >= 11 is 17.0. The van der Waals surface area contributed by atoms with E-state index in [1.165, 1.54) is 11.8 Å². The van der Waals surface area contributed by atoms with Crippen LogP contribution in [0.4, 0.5) is 0 Å². The number of rotatable bonds is 5. The Labute approximate surface area is 140 Å². The molecule has 104 valence electrons. The molecule has 0 atom stereocenters. The number of thioether (sulfide) groups is 1. The molecule has 2 aromatic rings. The van der Waals surface area contributed by atoms with Crippen LogP contribution in [0, 0.1) is 0 Å². The Morgan fingerprint density at radius 1 is 1.10 bits per heavy atom. The van der Waals surface area contributed by atoms with Crippen LogP contribution in [0.15, 0.2) is 51.8 Å². The summed E-state index contributed by atoms with van der Waals surface area (Å²) < 4.78 is 0.999. The van der Waals surface area contributed by atoms with Gasteiger partial charge in [-0.2, -0.15) is 0 Å². The number of hydrogen-bond donors (Lipinski definition) is 0. The number of benzene rings is 2. The third kappa shape index (κ3) is 4.26. The zero-order valence-electron chi connectivity index (χ0n) is 10.4. The topological polar surface area (TPSA) is 17.1 Å². The third-order valence-corrected chi connectivity index (χ3v) is 5.59. The van der Waals surface area contributed by atoms with Crippen molar-refractivity contribution in [2.45, 2.75) is 11.3 Å². The van der Waals surface area contributed by atoms with Gasteiger partial charge in [0.2, 0.25) is 0 Å². The highest BCUT2D eigenvalue weighted by molar-refractivity contribution is 9.10. The minimum Gasteiger partial charge on any atom is -0.298 e. The van der Waals surface area contributed by atoms with E-state index in [9.17, 15) is 4.79 Å². The lowest BCUT2D eigenvalue weighted by Gasteiger charge is -2.06. The predicted molar refractivity (Wildman–Crippen MR) is 90.0 cm³/mol. The fourth-order valence-corrected chi connectivity index (χ4v) is 3.48. The molecule has 0 radical (unpaired) electrons. The van der Waals surface area contributed by atoms with Crippen molar-refractivity contribution in [2.24, 2.45) is 0 Å². The Morgan fingerprint density at radius 2 is 1.85 bits per heavy atom. The van der Waals surface area contributed by atoms with Gasteiger partial charge in [-0.25, -0.2) is 0 Å². The zero-order chi connectivity index (χ0) is 14.5. The fraction of sp³-hybridized carbons (Fsp3) is 0.133. The molecule has 1 nitrogen and oxygen atoms in total. The SMILES string of the molecule is O=C(CSc1ccccc1Br)Cc1cccc(Cl)c1Cl. The monoisotopic (exact) mass is 388 g/mol. The number of hydrogen-bond acceptors (Lipinski definition) is 2. The molecule has 0 aromatic heterocycles. The Hall–Kier alpha value is -0.480. The lowest BCUT2D eigenvalue weighted by atomic mass is 10.1. The van der Waals surface area contributed by atoms with Crippen LogP contribution in [-0.4, -0.2) is 11.5 Å². The van der Waals surface area contributed by atoms with Gasteiger partial charge in [-0.15, -0.1) is 11.8 Å². The first kappa shape index (κ1) is 15.9. The van der Waals surface area contributed by atoms with Crippen molar-refractivity contribution >= 4 is 56.7 Å². The average molecular weight is 390 g/mol. The van der Waals surface area contributed by atoms with E-state index >= 15 is 0 Å². The highest BCUT2D eigenvalue weighted by Crippen LogP contribution is 2.29. The molecule has 0 aliphatic carbocycles. The Balaban J connectivity index is 1.96. The number of Topliss-reactive ketones (excluding diaryl/α,β-unsaturated/α-hetero) is 1. The van der Waals surface area contributed by atoms with Gasteiger partial charge in [0.05, 0.1) is 15.8 Å². The second-order valence-corrected chi connectivity index (χ2v) is 6.80. The van der Waals surface area contributed by atoms with Crippen LogP contribution in [0.25, 0.3) is 0 Å². The molecular weight excluding hydrogens is 379 g/mol. The summed E-state index contributed by atoms with van der Waals surface area (Å²) in [6.07, 6.45) is 0.302. The quantitative estimate of drug-likeness (QED) is 0.613. The molecule has 0 amide bonds. The van der Waals surface area contributed by atoms with Crippen molar-refractivity contribution in [1.29, 1.82) is 0 Å². The van der Waals surface area contributed by atoms with Crippen molar-refractivity contribution < 1.29 is 4.79 Å². The van der Waals surface area contributed by atoms with E-state index in [0.717, 1.165) is 14.9 Å². The second kappa shape index (κ2) is 7.51. The van der Waals surface area contributed by atoms with Crippen LogP contribution in [0.3, 0.4) is 0 Å². The standard InChI is InChI=1S/C15H11BrCl2OS/c16-12-5-1-2-7-14(12)20-9-11(19)8-10-4-3-6-13(17)15(10)18/h1-7H,8-9H2. The van der Waals surface area contributed by atoms with Crippen molar-refractivity contribution in [3.63, 3.8) is 0 Å². The fourth-order valence-electron chi connectivity index (χ4n) is 1.67. The van der Waals surface area contributed by atoms with Crippen LogP contribution in [0.2, 0.25) is 10.0 Å². The van der Waals surface area contributed by atoms with Gasteiger partial charge in [0.1, 0.15) is 5.78 Å². The van der Waals surface area contributed by atoms with E-state index in [-0.39, 0.29) is 5.78 Å². The van der Waals surface area contributed by atoms with Gasteiger partial charge in [-0.05, 0) is 39.7 Å². The van der Waals surface area contributed by atoms with E-state index in [1.54, 1.807) is 12.1 Å². The molecule has 0 heterocycles. The Bertz CT molecular complexity index is 631. The predicted octanol–water partition coefficient (Wildman–Crippen LogP) is 5.66. The molecule has 0 aliphatic heterocycles. The van der Waals surface area contributed by atoms with Crippen LogP contribution in [-0.2, 0) is 11.2 Å². The van der Waals surface area contributed by atoms with Gasteiger partial charge in [-0.3, -0.25) is 4.79 Å². The molecule has 2 rings (SSSR count). The van der Waals surface area contributed by atoms with E-state index in [0.29, 0.717) is 22.2 Å². The summed E-state index contributed by atoms with van der Waals surface area (Å²) in [5, 5.41) is 0.948. The molecule has 0 saturated heterocycles. The average Bonchev–Trinajstić information content (AvgIpc) is 2.43. The molecule has 0 fully saturated rings. The molecule has 0 saturated carbocycles. The van der Waals surface area contributed by atoms with Crippen LogP contribution >= 0.6 is 50.9 Å². The van der Waals surface area contributed by atoms with Crippen molar-refractivity contribution in [2.75, 3.05) is 5.75 Å². The third-order valence-electron chi connectivity index (χ3n) is 2.64. The molecular formula is C15H11BrCl2OS. The van der Waals surface area contributed by atoms with E-state index in [1.807, 2.05) is 30.3 Å². The summed E-state index contributed by atoms with van der Waals surface area (Å²) in [6, 6.07) is 13.2. The van der Waals surface area contributed by atoms with Gasteiger partial charge in [0.25, 0.3) is 0 Å². The largest absolute Gasteiger partial charge is 0.298 e. The second-order valence-electron chi connectivity index (χ2n) is 4.15. The Morgan fingerprint density at radius 3 is 2.60 bits per heavy atom. The minimum atomic E-state index is 0.120. The lowest BCUT2D eigenvalue weighted by Crippen LogP contribution is -2.06. The summed E-state index contributed by atoms with van der Waals surface area (Å²) in [5.41, 5.74) is 0.775. The molecule has 2 aromatic carbocycles. The maximum absolute atomic E-state index is 12.0. The Kier molecular flexibility index (Phi) is 5.97. The molecule has 0 N–H and O–H groups in total. The van der Waals surface area contributed by atoms with E-state index in [2.05, 4.69) is 15.9 Å². The molecule has 0 aliphatic rings. The van der Waals surface area contributed by atoms with Crippen LogP contribution in [0.1, 0.15) is 5.56 Å². The van der Waals surface area contributed by atoms with Gasteiger partial charge >= 0.3 is 0 Å². The van der Waals surface area contributed by atoms with Crippen molar-refractivity contribution in [3.8, 4) is 0 Å². The van der Waals surface area contributed by atoms with Crippen molar-refractivity contribution in [3.05, 3.63) is 62.5 Å². The number of halogens is 3. The minimum absolute atomic E-state index is 0.120. The van der Waals surface area contributed by atoms with Crippen LogP contribution in [0.5, 0.6) is 0 Å². The highest BCUT2D eigenvalue weighted by atomic mass is 79.9. The maximum Gasteiger partial charge on any atom is 0.147 e. The van der Waals surface area contributed by atoms with Gasteiger partial charge in [0.15, 0.2) is 0 Å². The number of carbonyl (C=O) groups excluding carboxylic acids is 1. The first-order chi connectivity index (χ1) is 9.58. The zero-order valence-corrected chi connectivity index (χ0v) is 14.3. The van der Waals surface area contributed by atoms with Gasteiger partial charge in [0, 0.05) is 15.8 Å². The highest BCUT2D eigenvalue weighted by Gasteiger charge is 2.10. The summed E-state index contributed by atoms with van der Waals surface area (Å²) in [5.74, 6) is 0.528. The first-order valence-corrected chi connectivity index (χ1v) is 8.43.